The highest BCUT2D eigenvalue weighted by atomic mass is 127. The Balaban J connectivity index is 3.03. The molecule has 0 aliphatic rings. The van der Waals surface area contributed by atoms with Crippen LogP contribution in [0.2, 0.25) is 0 Å². The molecule has 19 heavy (non-hydrogen) atoms. The first-order valence-corrected chi connectivity index (χ1v) is 7.03. The fourth-order valence-electron chi connectivity index (χ4n) is 1.71. The predicted octanol–water partition coefficient (Wildman–Crippen LogP) is 3.71. The highest BCUT2D eigenvalue weighted by Gasteiger charge is 2.33. The van der Waals surface area contributed by atoms with Crippen LogP contribution in [0.3, 0.4) is 0 Å². The van der Waals surface area contributed by atoms with E-state index in [0.717, 1.165) is 0 Å². The van der Waals surface area contributed by atoms with E-state index >= 15 is 0 Å². The molecule has 0 saturated heterocycles. The third-order valence-corrected chi connectivity index (χ3v) is 3.90. The smallest absolute Gasteiger partial charge is 0.315 e. The Labute approximate surface area is 133 Å². The summed E-state index contributed by atoms with van der Waals surface area (Å²) in [6.45, 7) is 0. The molecular weight excluding hydrogens is 434 g/mol. The molecule has 0 aromatic heterocycles. The lowest BCUT2D eigenvalue weighted by Crippen LogP contribution is -2.31. The number of ether oxygens (including phenoxy) is 2. The van der Waals surface area contributed by atoms with Crippen molar-refractivity contribution in [1.29, 1.82) is 0 Å². The minimum Gasteiger partial charge on any atom is -0.394 e. The van der Waals surface area contributed by atoms with Crippen molar-refractivity contribution in [3.8, 4) is 0 Å². The van der Waals surface area contributed by atoms with Gasteiger partial charge in [0, 0.05) is 26.2 Å². The Morgan fingerprint density at radius 2 is 2.05 bits per heavy atom. The number of hydrogen-bond donors (Lipinski definition) is 0. The van der Waals surface area contributed by atoms with Crippen molar-refractivity contribution in [2.75, 3.05) is 14.2 Å². The third-order valence-electron chi connectivity index (χ3n) is 2.76. The molecule has 4 nitrogen and oxygen atoms in total. The molecule has 0 N–H and O–H groups in total. The van der Waals surface area contributed by atoms with Gasteiger partial charge in [-0.2, -0.15) is 0 Å². The molecule has 0 aliphatic carbocycles. The zero-order chi connectivity index (χ0) is 14.5. The van der Waals surface area contributed by atoms with Gasteiger partial charge in [0.25, 0.3) is 0 Å². The summed E-state index contributed by atoms with van der Waals surface area (Å²) in [5.74, 6) is -1.99. The topological polar surface area (TPSA) is 44.8 Å². The van der Waals surface area contributed by atoms with E-state index in [-0.39, 0.29) is 12.8 Å². The van der Waals surface area contributed by atoms with Crippen molar-refractivity contribution in [3.63, 3.8) is 0 Å². The SMILES string of the molecule is COC(CCC(=O)OI)(OC)c1ccc(Br)c(F)c1. The Bertz CT molecular complexity index is 451. The number of benzene rings is 1. The summed E-state index contributed by atoms with van der Waals surface area (Å²) in [5, 5.41) is 0. The highest BCUT2D eigenvalue weighted by molar-refractivity contribution is 14.1. The van der Waals surface area contributed by atoms with Gasteiger partial charge >= 0.3 is 5.97 Å². The van der Waals surface area contributed by atoms with Crippen LogP contribution in [0.15, 0.2) is 22.7 Å². The summed E-state index contributed by atoms with van der Waals surface area (Å²) in [4.78, 5) is 11.2. The molecule has 0 atom stereocenters. The number of rotatable bonds is 6. The van der Waals surface area contributed by atoms with Gasteiger partial charge in [-0.25, -0.2) is 4.39 Å². The predicted molar refractivity (Wildman–Crippen MR) is 79.1 cm³/mol. The van der Waals surface area contributed by atoms with E-state index in [4.69, 9.17) is 9.47 Å². The fraction of sp³-hybridized carbons (Fsp3) is 0.417. The molecule has 0 fully saturated rings. The fourth-order valence-corrected chi connectivity index (χ4v) is 2.17. The van der Waals surface area contributed by atoms with Crippen LogP contribution in [0.25, 0.3) is 0 Å². The Morgan fingerprint density at radius 1 is 1.42 bits per heavy atom. The van der Waals surface area contributed by atoms with Crippen LogP contribution >= 0.6 is 38.9 Å². The summed E-state index contributed by atoms with van der Waals surface area (Å²) in [6.07, 6.45) is 0.325. The van der Waals surface area contributed by atoms with Crippen molar-refractivity contribution in [2.45, 2.75) is 18.6 Å². The first kappa shape index (κ1) is 16.8. The second-order valence-corrected chi connectivity index (χ2v) is 5.03. The van der Waals surface area contributed by atoms with Gasteiger partial charge in [0.05, 0.1) is 10.9 Å². The van der Waals surface area contributed by atoms with Crippen molar-refractivity contribution in [2.24, 2.45) is 0 Å². The van der Waals surface area contributed by atoms with E-state index in [2.05, 4.69) is 19.0 Å². The molecule has 1 rings (SSSR count). The van der Waals surface area contributed by atoms with E-state index in [1.165, 1.54) is 43.3 Å². The van der Waals surface area contributed by atoms with E-state index in [1.54, 1.807) is 12.1 Å². The van der Waals surface area contributed by atoms with Crippen molar-refractivity contribution in [1.82, 2.24) is 0 Å². The van der Waals surface area contributed by atoms with Crippen molar-refractivity contribution in [3.05, 3.63) is 34.1 Å². The van der Waals surface area contributed by atoms with Crippen molar-refractivity contribution >= 4 is 44.9 Å². The molecule has 1 aromatic carbocycles. The standard InChI is InChI=1S/C12H13BrFIO4/c1-17-12(18-2,6-5-11(16)19-15)8-3-4-9(13)10(14)7-8/h3-4,7H,5-6H2,1-2H3. The molecule has 1 aromatic rings. The Kier molecular flexibility index (Phi) is 6.64. The average molecular weight is 447 g/mol. The minimum absolute atomic E-state index is 0.0995. The molecule has 0 saturated carbocycles. The summed E-state index contributed by atoms with van der Waals surface area (Å²) in [7, 11) is 2.89. The molecule has 0 bridgehead atoms. The monoisotopic (exact) mass is 446 g/mol. The maximum Gasteiger partial charge on any atom is 0.315 e. The van der Waals surface area contributed by atoms with Crippen LogP contribution in [-0.2, 0) is 23.1 Å². The quantitative estimate of drug-likeness (QED) is 0.493. The first-order chi connectivity index (χ1) is 8.99. The number of hydrogen-bond acceptors (Lipinski definition) is 4. The van der Waals surface area contributed by atoms with Crippen LogP contribution in [0.5, 0.6) is 0 Å². The van der Waals surface area contributed by atoms with Gasteiger partial charge in [-0.1, -0.05) is 6.07 Å². The van der Waals surface area contributed by atoms with E-state index in [0.29, 0.717) is 10.0 Å². The van der Waals surface area contributed by atoms with Crippen LogP contribution < -0.4 is 0 Å². The van der Waals surface area contributed by atoms with Crippen LogP contribution in [0.4, 0.5) is 4.39 Å². The number of methoxy groups -OCH3 is 2. The molecule has 0 spiro atoms. The Morgan fingerprint density at radius 3 is 2.53 bits per heavy atom. The summed E-state index contributed by atoms with van der Waals surface area (Å²) >= 11 is 4.60. The zero-order valence-corrected chi connectivity index (χ0v) is 14.2. The van der Waals surface area contributed by atoms with Crippen LogP contribution in [-0.4, -0.2) is 20.2 Å². The third kappa shape index (κ3) is 4.11. The molecule has 106 valence electrons. The normalized spacial score (nSPS) is 11.4. The molecule has 0 amide bonds. The number of carbonyl (C=O) groups excluding carboxylic acids is 1. The molecular formula is C12H13BrFIO4. The van der Waals surface area contributed by atoms with E-state index in [9.17, 15) is 9.18 Å². The molecule has 0 heterocycles. The van der Waals surface area contributed by atoms with Gasteiger partial charge in [-0.05, 0) is 28.1 Å². The minimum atomic E-state index is -1.17. The second kappa shape index (κ2) is 7.51. The average Bonchev–Trinajstić information content (AvgIpc) is 2.43. The lowest BCUT2D eigenvalue weighted by Gasteiger charge is -2.31. The maximum atomic E-state index is 13.6. The second-order valence-electron chi connectivity index (χ2n) is 3.74. The molecule has 7 heteroatoms. The van der Waals surface area contributed by atoms with Gasteiger partial charge in [0.2, 0.25) is 0 Å². The van der Waals surface area contributed by atoms with Gasteiger partial charge in [0.1, 0.15) is 5.82 Å². The van der Waals surface area contributed by atoms with Gasteiger partial charge in [-0.15, -0.1) is 0 Å². The number of carbonyl (C=O) groups is 1. The van der Waals surface area contributed by atoms with Gasteiger partial charge < -0.3 is 12.5 Å². The lowest BCUT2D eigenvalue weighted by molar-refractivity contribution is -0.221. The maximum absolute atomic E-state index is 13.6. The molecule has 0 radical (unpaired) electrons. The van der Waals surface area contributed by atoms with E-state index in [1.807, 2.05) is 0 Å². The van der Waals surface area contributed by atoms with Crippen molar-refractivity contribution < 1.29 is 21.7 Å². The van der Waals surface area contributed by atoms with Crippen LogP contribution in [0.1, 0.15) is 18.4 Å². The summed E-state index contributed by atoms with van der Waals surface area (Å²) < 4.78 is 29.2. The lowest BCUT2D eigenvalue weighted by atomic mass is 10.00. The largest absolute Gasteiger partial charge is 0.394 e. The summed E-state index contributed by atoms with van der Waals surface area (Å²) in [6, 6.07) is 4.55. The zero-order valence-electron chi connectivity index (χ0n) is 10.4. The van der Waals surface area contributed by atoms with Gasteiger partial charge in [-0.3, -0.25) is 4.79 Å². The van der Waals surface area contributed by atoms with Gasteiger partial charge in [0.15, 0.2) is 28.8 Å². The highest BCUT2D eigenvalue weighted by Crippen LogP contribution is 2.33. The van der Waals surface area contributed by atoms with Crippen LogP contribution in [0, 0.1) is 5.82 Å². The number of halogens is 3. The molecule has 0 aliphatic heterocycles. The summed E-state index contributed by atoms with van der Waals surface area (Å²) in [5.41, 5.74) is 0.499. The molecule has 0 unspecified atom stereocenters. The first-order valence-electron chi connectivity index (χ1n) is 5.36. The Hall–Kier alpha value is -0.250. The van der Waals surface area contributed by atoms with E-state index < -0.39 is 17.6 Å².